The van der Waals surface area contributed by atoms with Crippen molar-refractivity contribution in [3.8, 4) is 11.4 Å². The Bertz CT molecular complexity index is 1790. The summed E-state index contributed by atoms with van der Waals surface area (Å²) in [6.07, 6.45) is 4.17. The zero-order chi connectivity index (χ0) is 24.6. The highest BCUT2D eigenvalue weighted by molar-refractivity contribution is 6.01. The predicted octanol–water partition coefficient (Wildman–Crippen LogP) is 6.94. The summed E-state index contributed by atoms with van der Waals surface area (Å²) in [5.41, 5.74) is 6.15. The minimum Gasteiger partial charge on any atom is -0.352 e. The van der Waals surface area contributed by atoms with Gasteiger partial charge >= 0.3 is 0 Å². The Morgan fingerprint density at radius 1 is 0.972 bits per heavy atom. The summed E-state index contributed by atoms with van der Waals surface area (Å²) in [5.74, 6) is 1.41. The van der Waals surface area contributed by atoms with Gasteiger partial charge in [0.1, 0.15) is 5.82 Å². The Kier molecular flexibility index (Phi) is 5.30. The van der Waals surface area contributed by atoms with Gasteiger partial charge in [-0.15, -0.1) is 0 Å². The SMILES string of the molecule is C/C=C(\C)CC(=O)c1cc2ccc(-c3nc(Nc4ccc5[nH]ncc5c4)c4ccccc4n3)cc2[nH]1. The highest BCUT2D eigenvalue weighted by Crippen LogP contribution is 2.30. The number of nitrogens with one attached hydrogen (secondary N) is 3. The van der Waals surface area contributed by atoms with Gasteiger partial charge in [0.25, 0.3) is 0 Å². The summed E-state index contributed by atoms with van der Waals surface area (Å²) < 4.78 is 0. The molecule has 0 aliphatic rings. The van der Waals surface area contributed by atoms with E-state index in [0.717, 1.165) is 55.4 Å². The van der Waals surface area contributed by atoms with Crippen molar-refractivity contribution in [2.24, 2.45) is 0 Å². The van der Waals surface area contributed by atoms with Crippen LogP contribution in [0.2, 0.25) is 0 Å². The van der Waals surface area contributed by atoms with Crippen LogP contribution in [0.5, 0.6) is 0 Å². The van der Waals surface area contributed by atoms with Crippen molar-refractivity contribution in [1.29, 1.82) is 0 Å². The number of carbonyl (C=O) groups excluding carboxylic acids is 1. The topological polar surface area (TPSA) is 99.3 Å². The highest BCUT2D eigenvalue weighted by atomic mass is 16.1. The molecule has 3 aromatic heterocycles. The summed E-state index contributed by atoms with van der Waals surface area (Å²) in [6, 6.07) is 21.9. The lowest BCUT2D eigenvalue weighted by Gasteiger charge is -2.11. The summed E-state index contributed by atoms with van der Waals surface area (Å²) in [6.45, 7) is 3.91. The van der Waals surface area contributed by atoms with Gasteiger partial charge in [0.2, 0.25) is 0 Å². The number of benzene rings is 3. The maximum absolute atomic E-state index is 12.7. The summed E-state index contributed by atoms with van der Waals surface area (Å²) in [4.78, 5) is 25.7. The second-order valence-electron chi connectivity index (χ2n) is 8.93. The van der Waals surface area contributed by atoms with Crippen LogP contribution in [0.4, 0.5) is 11.5 Å². The molecule has 0 spiro atoms. The van der Waals surface area contributed by atoms with Gasteiger partial charge in [-0.3, -0.25) is 9.89 Å². The van der Waals surface area contributed by atoms with Crippen LogP contribution in [-0.4, -0.2) is 30.9 Å². The monoisotopic (exact) mass is 472 g/mol. The maximum Gasteiger partial charge on any atom is 0.183 e. The third-order valence-corrected chi connectivity index (χ3v) is 6.42. The van der Waals surface area contributed by atoms with Crippen LogP contribution >= 0.6 is 0 Å². The van der Waals surface area contributed by atoms with E-state index in [1.54, 1.807) is 6.20 Å². The van der Waals surface area contributed by atoms with E-state index in [4.69, 9.17) is 9.97 Å². The van der Waals surface area contributed by atoms with Crippen LogP contribution in [0.15, 0.2) is 84.6 Å². The first-order chi connectivity index (χ1) is 17.6. The molecule has 0 bridgehead atoms. The fourth-order valence-corrected chi connectivity index (χ4v) is 4.33. The van der Waals surface area contributed by atoms with Crippen LogP contribution < -0.4 is 5.32 Å². The molecular weight excluding hydrogens is 448 g/mol. The molecule has 6 aromatic rings. The fourth-order valence-electron chi connectivity index (χ4n) is 4.33. The number of Topliss-reactive ketones (excluding diaryl/α,β-unsaturated/α-hetero) is 1. The van der Waals surface area contributed by atoms with E-state index in [1.165, 1.54) is 0 Å². The molecule has 6 rings (SSSR count). The number of nitrogens with zero attached hydrogens (tertiary/aromatic N) is 3. The summed E-state index contributed by atoms with van der Waals surface area (Å²) in [5, 5.41) is 13.5. The number of rotatable bonds is 6. The molecule has 3 heterocycles. The van der Waals surface area contributed by atoms with Crippen LogP contribution in [0.25, 0.3) is 44.1 Å². The molecule has 3 N–H and O–H groups in total. The maximum atomic E-state index is 12.7. The van der Waals surface area contributed by atoms with Gasteiger partial charge in [0.15, 0.2) is 11.6 Å². The van der Waals surface area contributed by atoms with Crippen molar-refractivity contribution in [1.82, 2.24) is 25.1 Å². The van der Waals surface area contributed by atoms with Crippen LogP contribution in [0.3, 0.4) is 0 Å². The number of fused-ring (bicyclic) bond motifs is 3. The third-order valence-electron chi connectivity index (χ3n) is 6.42. The molecule has 0 aliphatic heterocycles. The fraction of sp³-hybridized carbons (Fsp3) is 0.103. The molecule has 7 nitrogen and oxygen atoms in total. The Labute approximate surface area is 207 Å². The molecule has 36 heavy (non-hydrogen) atoms. The molecule has 0 fully saturated rings. The quantitative estimate of drug-likeness (QED) is 0.180. The molecule has 0 atom stereocenters. The number of allylic oxidation sites excluding steroid dienone is 2. The van der Waals surface area contributed by atoms with Crippen molar-refractivity contribution in [3.05, 3.63) is 90.3 Å². The first-order valence-corrected chi connectivity index (χ1v) is 11.8. The lowest BCUT2D eigenvalue weighted by Crippen LogP contribution is -2.00. The van der Waals surface area contributed by atoms with E-state index in [-0.39, 0.29) is 5.78 Å². The number of ketones is 1. The van der Waals surface area contributed by atoms with Crippen molar-refractivity contribution in [3.63, 3.8) is 0 Å². The number of anilines is 2. The zero-order valence-electron chi connectivity index (χ0n) is 20.0. The van der Waals surface area contributed by atoms with Gasteiger partial charge in [0.05, 0.1) is 22.9 Å². The lowest BCUT2D eigenvalue weighted by molar-refractivity contribution is 0.0989. The Hall–Kier alpha value is -4.78. The number of aromatic nitrogens is 5. The Balaban J connectivity index is 1.40. The molecule has 7 heteroatoms. The molecule has 176 valence electrons. The first kappa shape index (κ1) is 21.7. The molecule has 0 radical (unpaired) electrons. The third kappa shape index (κ3) is 4.01. The molecular formula is C29H24N6O. The predicted molar refractivity (Wildman–Crippen MR) is 145 cm³/mol. The standard InChI is InChI=1S/C29H24N6O/c1-3-17(2)12-27(36)26-14-18-8-9-19(15-25(18)32-26)28-33-24-7-5-4-6-22(24)29(34-28)31-21-10-11-23-20(13-21)16-30-35-23/h3-11,13-16,32H,12H2,1-2H3,(H,30,35)(H,31,33,34)/b17-3+. The Morgan fingerprint density at radius 3 is 2.75 bits per heavy atom. The molecule has 0 unspecified atom stereocenters. The van der Waals surface area contributed by atoms with Crippen LogP contribution in [0, 0.1) is 0 Å². The molecule has 0 aliphatic carbocycles. The first-order valence-electron chi connectivity index (χ1n) is 11.8. The van der Waals surface area contributed by atoms with Crippen LogP contribution in [0.1, 0.15) is 30.8 Å². The normalized spacial score (nSPS) is 12.0. The van der Waals surface area contributed by atoms with Crippen molar-refractivity contribution in [2.75, 3.05) is 5.32 Å². The van der Waals surface area contributed by atoms with Gasteiger partial charge in [-0.25, -0.2) is 9.97 Å². The summed E-state index contributed by atoms with van der Waals surface area (Å²) >= 11 is 0. The van der Waals surface area contributed by atoms with E-state index >= 15 is 0 Å². The number of hydrogen-bond acceptors (Lipinski definition) is 5. The highest BCUT2D eigenvalue weighted by Gasteiger charge is 2.14. The molecule has 0 saturated heterocycles. The molecule has 3 aromatic carbocycles. The molecule has 0 amide bonds. The summed E-state index contributed by atoms with van der Waals surface area (Å²) in [7, 11) is 0. The van der Waals surface area contributed by atoms with E-state index in [1.807, 2.05) is 86.7 Å². The van der Waals surface area contributed by atoms with Gasteiger partial charge in [-0.1, -0.05) is 35.9 Å². The van der Waals surface area contributed by atoms with Gasteiger partial charge in [0, 0.05) is 39.3 Å². The minimum absolute atomic E-state index is 0.0754. The van der Waals surface area contributed by atoms with E-state index in [0.29, 0.717) is 17.9 Å². The smallest absolute Gasteiger partial charge is 0.183 e. The average Bonchev–Trinajstić information content (AvgIpc) is 3.54. The van der Waals surface area contributed by atoms with E-state index in [2.05, 4.69) is 20.5 Å². The lowest BCUT2D eigenvalue weighted by atomic mass is 10.1. The van der Waals surface area contributed by atoms with E-state index in [9.17, 15) is 4.79 Å². The Morgan fingerprint density at radius 2 is 1.86 bits per heavy atom. The second kappa shape index (κ2) is 8.78. The van der Waals surface area contributed by atoms with Crippen molar-refractivity contribution < 1.29 is 4.79 Å². The largest absolute Gasteiger partial charge is 0.352 e. The van der Waals surface area contributed by atoms with Gasteiger partial charge in [-0.05, 0) is 56.3 Å². The second-order valence-corrected chi connectivity index (χ2v) is 8.93. The minimum atomic E-state index is 0.0754. The molecule has 0 saturated carbocycles. The number of H-pyrrole nitrogens is 2. The van der Waals surface area contributed by atoms with Crippen molar-refractivity contribution >= 4 is 50.0 Å². The zero-order valence-corrected chi connectivity index (χ0v) is 20.0. The number of carbonyl (C=O) groups is 1. The van der Waals surface area contributed by atoms with Crippen LogP contribution in [-0.2, 0) is 0 Å². The van der Waals surface area contributed by atoms with Gasteiger partial charge in [-0.2, -0.15) is 5.10 Å². The number of aromatic amines is 2. The number of hydrogen-bond donors (Lipinski definition) is 3. The average molecular weight is 473 g/mol. The van der Waals surface area contributed by atoms with Gasteiger partial charge < -0.3 is 10.3 Å². The van der Waals surface area contributed by atoms with E-state index < -0.39 is 0 Å². The number of para-hydroxylation sites is 1. The van der Waals surface area contributed by atoms with Crippen molar-refractivity contribution in [2.45, 2.75) is 20.3 Å².